The van der Waals surface area contributed by atoms with Crippen LogP contribution in [-0.2, 0) is 14.3 Å². The van der Waals surface area contributed by atoms with Gasteiger partial charge in [0, 0.05) is 11.8 Å². The second-order valence-corrected chi connectivity index (χ2v) is 9.11. The lowest BCUT2D eigenvalue weighted by Gasteiger charge is -2.45. The third kappa shape index (κ3) is 4.29. The van der Waals surface area contributed by atoms with Crippen molar-refractivity contribution >= 4 is 23.7 Å². The Morgan fingerprint density at radius 2 is 1.58 bits per heavy atom. The molecule has 0 aliphatic carbocycles. The number of carbonyl (C=O) groups is 2. The predicted octanol–water partition coefficient (Wildman–Crippen LogP) is 5.65. The van der Waals surface area contributed by atoms with Gasteiger partial charge in [0.1, 0.15) is 17.7 Å². The van der Waals surface area contributed by atoms with Crippen LogP contribution < -0.4 is 0 Å². The molecule has 2 heterocycles. The second-order valence-electron chi connectivity index (χ2n) is 8.80. The molecule has 1 amide bonds. The normalized spacial score (nSPS) is 28.4. The number of morpholine rings is 1. The molecule has 2 aromatic carbocycles. The lowest BCUT2D eigenvalue weighted by molar-refractivity contribution is -0.174. The quantitative estimate of drug-likeness (QED) is 0.456. The zero-order chi connectivity index (χ0) is 22.0. The highest BCUT2D eigenvalue weighted by Gasteiger charge is 2.50. The van der Waals surface area contributed by atoms with Crippen molar-refractivity contribution in [2.45, 2.75) is 56.9 Å². The summed E-state index contributed by atoms with van der Waals surface area (Å²) in [6, 6.07) is 18.1. The SMILES string of the molecule is CC1(C)OC(=O)N2[C@@H](CCCC1CCl)C(=O)O[C@H](c1ccccc1)[C@@H]2c1ccccc1. The largest absolute Gasteiger partial charge is 0.453 e. The molecule has 0 saturated carbocycles. The van der Waals surface area contributed by atoms with Crippen molar-refractivity contribution in [2.75, 3.05) is 5.88 Å². The Balaban J connectivity index is 1.81. The van der Waals surface area contributed by atoms with E-state index in [1.165, 1.54) is 0 Å². The topological polar surface area (TPSA) is 55.8 Å². The van der Waals surface area contributed by atoms with E-state index in [4.69, 9.17) is 21.1 Å². The number of hydrogen-bond acceptors (Lipinski definition) is 4. The van der Waals surface area contributed by atoms with E-state index in [9.17, 15) is 9.59 Å². The summed E-state index contributed by atoms with van der Waals surface area (Å²) < 4.78 is 12.0. The summed E-state index contributed by atoms with van der Waals surface area (Å²) in [7, 11) is 0. The van der Waals surface area contributed by atoms with Gasteiger partial charge in [0.2, 0.25) is 0 Å². The maximum atomic E-state index is 13.6. The lowest BCUT2D eigenvalue weighted by Crippen LogP contribution is -2.55. The van der Waals surface area contributed by atoms with Gasteiger partial charge in [-0.15, -0.1) is 11.6 Å². The van der Waals surface area contributed by atoms with E-state index in [-0.39, 0.29) is 11.9 Å². The van der Waals surface area contributed by atoms with E-state index in [0.717, 1.165) is 24.0 Å². The molecule has 2 aromatic rings. The van der Waals surface area contributed by atoms with Crippen LogP contribution in [-0.4, -0.2) is 34.5 Å². The number of fused-ring (bicyclic) bond motifs is 1. The smallest absolute Gasteiger partial charge is 0.411 e. The number of halogens is 1. The fourth-order valence-corrected chi connectivity index (χ4v) is 5.15. The lowest BCUT2D eigenvalue weighted by atomic mass is 9.87. The highest BCUT2D eigenvalue weighted by atomic mass is 35.5. The third-order valence-corrected chi connectivity index (χ3v) is 6.84. The van der Waals surface area contributed by atoms with E-state index < -0.39 is 29.9 Å². The molecule has 2 fully saturated rings. The van der Waals surface area contributed by atoms with Gasteiger partial charge in [0.25, 0.3) is 0 Å². The molecule has 4 atom stereocenters. The highest BCUT2D eigenvalue weighted by Crippen LogP contribution is 2.45. The summed E-state index contributed by atoms with van der Waals surface area (Å²) >= 11 is 6.20. The Morgan fingerprint density at radius 1 is 0.968 bits per heavy atom. The number of amides is 1. The first kappa shape index (κ1) is 21.7. The molecule has 1 unspecified atom stereocenters. The van der Waals surface area contributed by atoms with Crippen molar-refractivity contribution in [3.63, 3.8) is 0 Å². The van der Waals surface area contributed by atoms with Crippen LogP contribution in [0.2, 0.25) is 0 Å². The first-order valence-corrected chi connectivity index (χ1v) is 11.3. The van der Waals surface area contributed by atoms with Crippen molar-refractivity contribution in [2.24, 2.45) is 5.92 Å². The van der Waals surface area contributed by atoms with Crippen molar-refractivity contribution in [3.05, 3.63) is 71.8 Å². The first-order chi connectivity index (χ1) is 14.9. The van der Waals surface area contributed by atoms with Crippen LogP contribution in [0.4, 0.5) is 4.79 Å². The number of cyclic esters (lactones) is 2. The van der Waals surface area contributed by atoms with E-state index in [2.05, 4.69) is 0 Å². The number of benzene rings is 2. The van der Waals surface area contributed by atoms with E-state index >= 15 is 0 Å². The van der Waals surface area contributed by atoms with Crippen molar-refractivity contribution in [1.29, 1.82) is 0 Å². The second kappa shape index (κ2) is 8.91. The fraction of sp³-hybridized carbons (Fsp3) is 0.440. The van der Waals surface area contributed by atoms with E-state index in [1.807, 2.05) is 74.5 Å². The maximum absolute atomic E-state index is 13.6. The number of alkyl halides is 1. The summed E-state index contributed by atoms with van der Waals surface area (Å²) in [6.07, 6.45) is 0.929. The van der Waals surface area contributed by atoms with Crippen LogP contribution >= 0.6 is 11.6 Å². The van der Waals surface area contributed by atoms with Crippen LogP contribution in [0.3, 0.4) is 0 Å². The molecule has 0 spiro atoms. The molecule has 31 heavy (non-hydrogen) atoms. The molecular weight excluding hydrogens is 414 g/mol. The minimum absolute atomic E-state index is 0.00980. The minimum Gasteiger partial charge on any atom is -0.453 e. The molecule has 5 nitrogen and oxygen atoms in total. The number of carbonyl (C=O) groups excluding carboxylic acids is 2. The summed E-state index contributed by atoms with van der Waals surface area (Å²) in [5, 5.41) is 0. The van der Waals surface area contributed by atoms with Crippen LogP contribution in [0.25, 0.3) is 0 Å². The maximum Gasteiger partial charge on any atom is 0.411 e. The van der Waals surface area contributed by atoms with Gasteiger partial charge in [0.15, 0.2) is 6.10 Å². The van der Waals surface area contributed by atoms with Gasteiger partial charge in [-0.3, -0.25) is 4.90 Å². The number of esters is 1. The zero-order valence-corrected chi connectivity index (χ0v) is 18.6. The summed E-state index contributed by atoms with van der Waals surface area (Å²) in [5.41, 5.74) is 1.00. The molecular formula is C25H28ClNO4. The summed E-state index contributed by atoms with van der Waals surface area (Å²) in [5.74, 6) is 0.0140. The number of hydrogen-bond donors (Lipinski definition) is 0. The Hall–Kier alpha value is -2.53. The molecule has 4 rings (SSSR count). The van der Waals surface area contributed by atoms with Crippen molar-refractivity contribution in [3.8, 4) is 0 Å². The van der Waals surface area contributed by atoms with Crippen LogP contribution in [0.1, 0.15) is 56.4 Å². The van der Waals surface area contributed by atoms with Gasteiger partial charge >= 0.3 is 12.1 Å². The Bertz CT molecular complexity index is 918. The first-order valence-electron chi connectivity index (χ1n) is 10.8. The Morgan fingerprint density at radius 3 is 2.19 bits per heavy atom. The van der Waals surface area contributed by atoms with Crippen molar-refractivity contribution < 1.29 is 19.1 Å². The highest BCUT2D eigenvalue weighted by molar-refractivity contribution is 6.18. The van der Waals surface area contributed by atoms with E-state index in [0.29, 0.717) is 12.3 Å². The number of rotatable bonds is 3. The average Bonchev–Trinajstić information content (AvgIpc) is 2.81. The molecule has 2 saturated heterocycles. The number of nitrogens with zero attached hydrogens (tertiary/aromatic N) is 1. The average molecular weight is 442 g/mol. The van der Waals surface area contributed by atoms with Crippen molar-refractivity contribution in [1.82, 2.24) is 4.90 Å². The molecule has 0 radical (unpaired) electrons. The molecule has 0 N–H and O–H groups in total. The summed E-state index contributed by atoms with van der Waals surface area (Å²) in [4.78, 5) is 28.3. The van der Waals surface area contributed by atoms with Crippen LogP contribution in [0.5, 0.6) is 0 Å². The van der Waals surface area contributed by atoms with Gasteiger partial charge in [-0.1, -0.05) is 67.1 Å². The summed E-state index contributed by atoms with van der Waals surface area (Å²) in [6.45, 7) is 3.79. The molecule has 0 bridgehead atoms. The van der Waals surface area contributed by atoms with E-state index in [1.54, 1.807) is 4.90 Å². The molecule has 2 aliphatic heterocycles. The third-order valence-electron chi connectivity index (χ3n) is 6.47. The van der Waals surface area contributed by atoms with Gasteiger partial charge in [-0.25, -0.2) is 9.59 Å². The molecule has 0 aromatic heterocycles. The minimum atomic E-state index is -0.738. The fourth-order valence-electron chi connectivity index (χ4n) is 4.63. The molecule has 2 aliphatic rings. The Labute approximate surface area is 188 Å². The van der Waals surface area contributed by atoms with Gasteiger partial charge in [-0.05, 0) is 37.8 Å². The van der Waals surface area contributed by atoms with Crippen LogP contribution in [0.15, 0.2) is 60.7 Å². The number of ether oxygens (including phenoxy) is 2. The predicted molar refractivity (Wildman–Crippen MR) is 119 cm³/mol. The standard InChI is InChI=1S/C25H28ClNO4/c1-25(2)19(16-26)14-9-15-20-23(28)30-22(18-12-7-4-8-13-18)21(27(20)24(29)31-25)17-10-5-3-6-11-17/h3-8,10-13,19-22H,9,14-16H2,1-2H3/t19?,20-,21-,22+/m0/s1. The van der Waals surface area contributed by atoms with Gasteiger partial charge in [0.05, 0.1) is 0 Å². The molecule has 164 valence electrons. The van der Waals surface area contributed by atoms with Crippen LogP contribution in [0, 0.1) is 5.92 Å². The molecule has 6 heteroatoms. The van der Waals surface area contributed by atoms with Gasteiger partial charge in [-0.2, -0.15) is 0 Å². The Kier molecular flexibility index (Phi) is 6.24. The van der Waals surface area contributed by atoms with Gasteiger partial charge < -0.3 is 9.47 Å². The monoisotopic (exact) mass is 441 g/mol. The zero-order valence-electron chi connectivity index (χ0n) is 17.9.